The predicted octanol–water partition coefficient (Wildman–Crippen LogP) is 3.94. The Morgan fingerprint density at radius 3 is 2.24 bits per heavy atom. The Kier molecular flexibility index (Phi) is 8.45. The molecule has 0 saturated carbocycles. The monoisotopic (exact) mass is 504 g/mol. The minimum Gasteiger partial charge on any atom is -0.374 e. The SMILES string of the molecule is O=C(NC[C@@H]1CC2O[C@H](COCc3ccccc3)[C@@H](OCc3ccccc3)C2O1)c1ccc(NO)cc1. The Morgan fingerprint density at radius 1 is 0.892 bits per heavy atom. The molecule has 5 rings (SSSR count). The van der Waals surface area contributed by atoms with Crippen molar-refractivity contribution in [2.45, 2.75) is 50.2 Å². The van der Waals surface area contributed by atoms with E-state index in [0.29, 0.717) is 44.0 Å². The molecule has 2 unspecified atom stereocenters. The first-order valence-electron chi connectivity index (χ1n) is 12.6. The number of ether oxygens (including phenoxy) is 4. The second kappa shape index (κ2) is 12.3. The fourth-order valence-electron chi connectivity index (χ4n) is 4.80. The summed E-state index contributed by atoms with van der Waals surface area (Å²) in [6.07, 6.45) is -0.379. The summed E-state index contributed by atoms with van der Waals surface area (Å²) in [6.45, 7) is 1.74. The molecule has 8 nitrogen and oxygen atoms in total. The van der Waals surface area contributed by atoms with Gasteiger partial charge in [0.1, 0.15) is 18.3 Å². The van der Waals surface area contributed by atoms with Crippen molar-refractivity contribution in [3.8, 4) is 0 Å². The van der Waals surface area contributed by atoms with Crippen LogP contribution in [0.15, 0.2) is 84.9 Å². The number of amides is 1. The quantitative estimate of drug-likeness (QED) is 0.340. The van der Waals surface area contributed by atoms with E-state index in [0.717, 1.165) is 11.1 Å². The van der Waals surface area contributed by atoms with Crippen molar-refractivity contribution in [1.29, 1.82) is 0 Å². The van der Waals surface area contributed by atoms with Crippen LogP contribution in [0.4, 0.5) is 5.69 Å². The zero-order valence-electron chi connectivity index (χ0n) is 20.5. The van der Waals surface area contributed by atoms with Crippen molar-refractivity contribution in [1.82, 2.24) is 5.32 Å². The Hall–Kier alpha value is -3.27. The Labute approximate surface area is 216 Å². The Balaban J connectivity index is 1.16. The van der Waals surface area contributed by atoms with Gasteiger partial charge in [-0.2, -0.15) is 0 Å². The van der Waals surface area contributed by atoms with Crippen LogP contribution in [0.1, 0.15) is 27.9 Å². The molecule has 3 aromatic carbocycles. The molecule has 0 aliphatic carbocycles. The van der Waals surface area contributed by atoms with Gasteiger partial charge in [-0.3, -0.25) is 15.5 Å². The van der Waals surface area contributed by atoms with Crippen LogP contribution in [0.3, 0.4) is 0 Å². The number of hydrogen-bond donors (Lipinski definition) is 3. The first-order chi connectivity index (χ1) is 18.2. The second-order valence-electron chi connectivity index (χ2n) is 9.33. The molecule has 2 aliphatic heterocycles. The summed E-state index contributed by atoms with van der Waals surface area (Å²) in [5.41, 5.74) is 5.27. The largest absolute Gasteiger partial charge is 0.374 e. The zero-order valence-corrected chi connectivity index (χ0v) is 20.5. The molecule has 1 amide bonds. The molecule has 2 aliphatic rings. The minimum absolute atomic E-state index is 0.122. The smallest absolute Gasteiger partial charge is 0.251 e. The van der Waals surface area contributed by atoms with E-state index in [2.05, 4.69) is 10.8 Å². The van der Waals surface area contributed by atoms with Gasteiger partial charge in [0.2, 0.25) is 0 Å². The Bertz CT molecular complexity index is 1130. The molecule has 2 heterocycles. The van der Waals surface area contributed by atoms with Gasteiger partial charge in [0.05, 0.1) is 37.7 Å². The van der Waals surface area contributed by atoms with E-state index in [1.165, 1.54) is 0 Å². The van der Waals surface area contributed by atoms with Gasteiger partial charge in [0.25, 0.3) is 5.91 Å². The van der Waals surface area contributed by atoms with Gasteiger partial charge < -0.3 is 24.3 Å². The normalized spacial score (nSPS) is 24.5. The molecule has 2 fully saturated rings. The maximum absolute atomic E-state index is 12.5. The molecule has 0 spiro atoms. The van der Waals surface area contributed by atoms with E-state index in [4.69, 9.17) is 24.2 Å². The van der Waals surface area contributed by atoms with Gasteiger partial charge in [-0.05, 0) is 35.4 Å². The predicted molar refractivity (Wildman–Crippen MR) is 137 cm³/mol. The summed E-state index contributed by atoms with van der Waals surface area (Å²) >= 11 is 0. The molecular formula is C29H32N2O6. The topological polar surface area (TPSA) is 98.3 Å². The standard InChI is InChI=1S/C29H32N2O6/c32-29(22-11-13-23(31-33)14-12-22)30-16-24-15-25-28(36-24)27(35-18-21-9-5-2-6-10-21)26(37-25)19-34-17-20-7-3-1-4-8-20/h1-14,24-28,31,33H,15-19H2,(H,30,32)/t24-,25?,26+,27+,28?/m0/s1. The lowest BCUT2D eigenvalue weighted by Gasteiger charge is -2.24. The first kappa shape index (κ1) is 25.4. The summed E-state index contributed by atoms with van der Waals surface area (Å²) in [7, 11) is 0. The van der Waals surface area contributed by atoms with Crippen LogP contribution in [-0.4, -0.2) is 54.8 Å². The van der Waals surface area contributed by atoms with Crippen LogP contribution in [-0.2, 0) is 32.2 Å². The molecule has 2 saturated heterocycles. The van der Waals surface area contributed by atoms with Crippen LogP contribution in [0.25, 0.3) is 0 Å². The molecular weight excluding hydrogens is 472 g/mol. The first-order valence-corrected chi connectivity index (χ1v) is 12.6. The summed E-state index contributed by atoms with van der Waals surface area (Å²) in [4.78, 5) is 12.5. The summed E-state index contributed by atoms with van der Waals surface area (Å²) < 4.78 is 25.0. The third kappa shape index (κ3) is 6.54. The van der Waals surface area contributed by atoms with Crippen LogP contribution >= 0.6 is 0 Å². The number of fused-ring (bicyclic) bond motifs is 1. The van der Waals surface area contributed by atoms with E-state index in [1.54, 1.807) is 24.3 Å². The van der Waals surface area contributed by atoms with Crippen molar-refractivity contribution in [3.63, 3.8) is 0 Å². The van der Waals surface area contributed by atoms with Crippen LogP contribution in [0, 0.1) is 0 Å². The average molecular weight is 505 g/mol. The summed E-state index contributed by atoms with van der Waals surface area (Å²) in [6, 6.07) is 26.6. The zero-order chi connectivity index (χ0) is 25.5. The van der Waals surface area contributed by atoms with E-state index >= 15 is 0 Å². The summed E-state index contributed by atoms with van der Waals surface area (Å²) in [5.74, 6) is -0.199. The van der Waals surface area contributed by atoms with E-state index in [9.17, 15) is 4.79 Å². The highest BCUT2D eigenvalue weighted by atomic mass is 16.6. The molecule has 5 atom stereocenters. The second-order valence-corrected chi connectivity index (χ2v) is 9.33. The lowest BCUT2D eigenvalue weighted by Crippen LogP contribution is -2.39. The fourth-order valence-corrected chi connectivity index (χ4v) is 4.80. The highest BCUT2D eigenvalue weighted by Gasteiger charge is 2.51. The van der Waals surface area contributed by atoms with E-state index < -0.39 is 0 Å². The number of benzene rings is 3. The highest BCUT2D eigenvalue weighted by molar-refractivity contribution is 5.94. The van der Waals surface area contributed by atoms with E-state index in [1.807, 2.05) is 60.7 Å². The number of hydrogen-bond acceptors (Lipinski definition) is 7. The highest BCUT2D eigenvalue weighted by Crippen LogP contribution is 2.36. The third-order valence-electron chi connectivity index (χ3n) is 6.70. The molecule has 3 aromatic rings. The van der Waals surface area contributed by atoms with Crippen LogP contribution in [0.5, 0.6) is 0 Å². The molecule has 0 aromatic heterocycles. The Morgan fingerprint density at radius 2 is 1.57 bits per heavy atom. The van der Waals surface area contributed by atoms with Crippen molar-refractivity contribution in [3.05, 3.63) is 102 Å². The van der Waals surface area contributed by atoms with Crippen LogP contribution < -0.4 is 10.8 Å². The number of nitrogens with one attached hydrogen (secondary N) is 2. The minimum atomic E-state index is -0.278. The van der Waals surface area contributed by atoms with Gasteiger partial charge in [0, 0.05) is 18.5 Å². The molecule has 37 heavy (non-hydrogen) atoms. The van der Waals surface area contributed by atoms with Gasteiger partial charge in [0.15, 0.2) is 0 Å². The molecule has 3 N–H and O–H groups in total. The van der Waals surface area contributed by atoms with Crippen LogP contribution in [0.2, 0.25) is 0 Å². The van der Waals surface area contributed by atoms with Crippen molar-refractivity contribution in [2.75, 3.05) is 18.6 Å². The lowest BCUT2D eigenvalue weighted by atomic mass is 10.1. The van der Waals surface area contributed by atoms with Crippen molar-refractivity contribution in [2.24, 2.45) is 0 Å². The van der Waals surface area contributed by atoms with Gasteiger partial charge >= 0.3 is 0 Å². The third-order valence-corrected chi connectivity index (χ3v) is 6.70. The lowest BCUT2D eigenvalue weighted by molar-refractivity contribution is -0.101. The average Bonchev–Trinajstić information content (AvgIpc) is 3.49. The number of carbonyl (C=O) groups excluding carboxylic acids is 1. The van der Waals surface area contributed by atoms with Gasteiger partial charge in [-0.1, -0.05) is 60.7 Å². The maximum atomic E-state index is 12.5. The van der Waals surface area contributed by atoms with Crippen molar-refractivity contribution >= 4 is 11.6 Å². The number of rotatable bonds is 11. The van der Waals surface area contributed by atoms with Gasteiger partial charge in [-0.25, -0.2) is 0 Å². The van der Waals surface area contributed by atoms with Crippen molar-refractivity contribution < 1.29 is 28.9 Å². The molecule has 8 heteroatoms. The van der Waals surface area contributed by atoms with Gasteiger partial charge in [-0.15, -0.1) is 0 Å². The maximum Gasteiger partial charge on any atom is 0.251 e. The molecule has 0 bridgehead atoms. The fraction of sp³-hybridized carbons (Fsp3) is 0.345. The summed E-state index contributed by atoms with van der Waals surface area (Å²) in [5, 5.41) is 11.9. The molecule has 0 radical (unpaired) electrons. The van der Waals surface area contributed by atoms with E-state index in [-0.39, 0.29) is 36.4 Å². The number of anilines is 1. The molecule has 194 valence electrons. The number of carbonyl (C=O) groups is 1.